The van der Waals surface area contributed by atoms with Crippen molar-refractivity contribution in [1.82, 2.24) is 9.80 Å². The van der Waals surface area contributed by atoms with Gasteiger partial charge in [0.1, 0.15) is 5.82 Å². The van der Waals surface area contributed by atoms with Crippen LogP contribution in [0.3, 0.4) is 0 Å². The highest BCUT2D eigenvalue weighted by Gasteiger charge is 2.36. The molecule has 4 rings (SSSR count). The van der Waals surface area contributed by atoms with Gasteiger partial charge in [0.15, 0.2) is 0 Å². The summed E-state index contributed by atoms with van der Waals surface area (Å²) in [5.74, 6) is -0.219. The fourth-order valence-corrected chi connectivity index (χ4v) is 5.33. The van der Waals surface area contributed by atoms with E-state index >= 15 is 0 Å². The maximum Gasteiger partial charge on any atom is 0.123 e. The van der Waals surface area contributed by atoms with E-state index in [9.17, 15) is 9.50 Å². The van der Waals surface area contributed by atoms with Crippen molar-refractivity contribution in [2.24, 2.45) is 0 Å². The number of piperidine rings is 2. The minimum atomic E-state index is -0.307. The lowest BCUT2D eigenvalue weighted by Crippen LogP contribution is -2.54. The highest BCUT2D eigenvalue weighted by molar-refractivity contribution is 5.15. The van der Waals surface area contributed by atoms with Crippen molar-refractivity contribution in [1.29, 1.82) is 0 Å². The molecule has 5 heteroatoms. The number of aliphatic hydroxyl groups is 1. The van der Waals surface area contributed by atoms with Crippen LogP contribution in [0.4, 0.5) is 4.39 Å². The topological polar surface area (TPSA) is 35.9 Å². The largest absolute Gasteiger partial charge is 0.391 e. The molecular formula is C23H35FN2O2. The predicted molar refractivity (Wildman–Crippen MR) is 109 cm³/mol. The van der Waals surface area contributed by atoms with Gasteiger partial charge in [-0.05, 0) is 69.3 Å². The number of hydrogen-bond acceptors (Lipinski definition) is 4. The van der Waals surface area contributed by atoms with E-state index < -0.39 is 0 Å². The van der Waals surface area contributed by atoms with E-state index in [0.29, 0.717) is 13.0 Å². The highest BCUT2D eigenvalue weighted by Crippen LogP contribution is 2.30. The van der Waals surface area contributed by atoms with Crippen LogP contribution in [0.15, 0.2) is 24.3 Å². The van der Waals surface area contributed by atoms with Crippen LogP contribution < -0.4 is 0 Å². The smallest absolute Gasteiger partial charge is 0.123 e. The zero-order chi connectivity index (χ0) is 19.3. The molecule has 28 heavy (non-hydrogen) atoms. The summed E-state index contributed by atoms with van der Waals surface area (Å²) < 4.78 is 19.0. The molecule has 3 atom stereocenters. The second kappa shape index (κ2) is 9.66. The summed E-state index contributed by atoms with van der Waals surface area (Å²) >= 11 is 0. The molecule has 3 fully saturated rings. The third-order valence-electron chi connectivity index (χ3n) is 7.01. The Labute approximate surface area is 168 Å². The van der Waals surface area contributed by atoms with Gasteiger partial charge >= 0.3 is 0 Å². The molecule has 0 spiro atoms. The average molecular weight is 391 g/mol. The molecule has 2 aliphatic heterocycles. The summed E-state index contributed by atoms with van der Waals surface area (Å²) in [4.78, 5) is 5.23. The molecule has 0 aromatic heterocycles. The number of likely N-dealkylation sites (tertiary alicyclic amines) is 2. The quantitative estimate of drug-likeness (QED) is 0.834. The van der Waals surface area contributed by atoms with Gasteiger partial charge in [-0.3, -0.25) is 4.90 Å². The standard InChI is InChI=1S/C23H35FN2O2/c24-19-6-4-18(5-7-19)17-28-21-8-9-22(23(27)16-21)26-14-10-20(11-15-26)25-12-2-1-3-13-25/h4-7,20-23,27H,1-3,8-17H2/t21-,22+,23+/m0/s1. The van der Waals surface area contributed by atoms with Crippen LogP contribution >= 0.6 is 0 Å². The molecule has 3 aliphatic rings. The van der Waals surface area contributed by atoms with Gasteiger partial charge in [-0.15, -0.1) is 0 Å². The van der Waals surface area contributed by atoms with Gasteiger partial charge in [-0.25, -0.2) is 4.39 Å². The summed E-state index contributed by atoms with van der Waals surface area (Å²) in [6.45, 7) is 5.28. The van der Waals surface area contributed by atoms with Crippen molar-refractivity contribution in [3.63, 3.8) is 0 Å². The summed E-state index contributed by atoms with van der Waals surface area (Å²) in [5, 5.41) is 10.8. The lowest BCUT2D eigenvalue weighted by atomic mass is 9.87. The van der Waals surface area contributed by atoms with Crippen molar-refractivity contribution in [2.45, 2.75) is 82.3 Å². The first kappa shape index (κ1) is 20.3. The molecular weight excluding hydrogens is 355 g/mol. The third-order valence-corrected chi connectivity index (χ3v) is 7.01. The predicted octanol–water partition coefficient (Wildman–Crippen LogP) is 3.57. The minimum absolute atomic E-state index is 0.0993. The van der Waals surface area contributed by atoms with Gasteiger partial charge in [-0.2, -0.15) is 0 Å². The first-order chi connectivity index (χ1) is 13.7. The van der Waals surface area contributed by atoms with Crippen LogP contribution in [-0.4, -0.2) is 65.4 Å². The summed E-state index contributed by atoms with van der Waals surface area (Å²) in [5.41, 5.74) is 0.984. The van der Waals surface area contributed by atoms with Crippen LogP contribution in [-0.2, 0) is 11.3 Å². The van der Waals surface area contributed by atoms with Crippen LogP contribution in [0.1, 0.15) is 56.9 Å². The van der Waals surface area contributed by atoms with Crippen LogP contribution in [0.5, 0.6) is 0 Å². The van der Waals surface area contributed by atoms with E-state index in [1.165, 1.54) is 57.3 Å². The van der Waals surface area contributed by atoms with Gasteiger partial charge in [0.2, 0.25) is 0 Å². The molecule has 1 N–H and O–H groups in total. The monoisotopic (exact) mass is 390 g/mol. The maximum absolute atomic E-state index is 13.0. The number of benzene rings is 1. The summed E-state index contributed by atoms with van der Waals surface area (Å²) in [6, 6.07) is 7.51. The maximum atomic E-state index is 13.0. The molecule has 4 nitrogen and oxygen atoms in total. The Balaban J connectivity index is 1.20. The van der Waals surface area contributed by atoms with Gasteiger partial charge < -0.3 is 14.7 Å². The van der Waals surface area contributed by atoms with Crippen molar-refractivity contribution in [3.8, 4) is 0 Å². The van der Waals surface area contributed by atoms with Gasteiger partial charge in [0.05, 0.1) is 18.8 Å². The lowest BCUT2D eigenvalue weighted by Gasteiger charge is -2.45. The SMILES string of the molecule is O[C@@H]1C[C@@H](OCc2ccc(F)cc2)CC[C@H]1N1CCC(N2CCCCC2)CC1. The van der Waals surface area contributed by atoms with E-state index in [1.54, 1.807) is 12.1 Å². The average Bonchev–Trinajstić information content (AvgIpc) is 2.74. The molecule has 1 aromatic carbocycles. The Kier molecular flexibility index (Phi) is 6.99. The first-order valence-corrected chi connectivity index (χ1v) is 11.2. The zero-order valence-electron chi connectivity index (χ0n) is 16.9. The van der Waals surface area contributed by atoms with Crippen LogP contribution in [0, 0.1) is 5.82 Å². The minimum Gasteiger partial charge on any atom is -0.391 e. The Morgan fingerprint density at radius 2 is 1.61 bits per heavy atom. The molecule has 1 aromatic rings. The number of rotatable bonds is 5. The van der Waals surface area contributed by atoms with E-state index in [-0.39, 0.29) is 24.1 Å². The van der Waals surface area contributed by atoms with Gasteiger partial charge in [0, 0.05) is 31.6 Å². The second-order valence-electron chi connectivity index (χ2n) is 8.87. The number of nitrogens with zero attached hydrogens (tertiary/aromatic N) is 2. The third kappa shape index (κ3) is 5.12. The van der Waals surface area contributed by atoms with E-state index in [0.717, 1.165) is 37.5 Å². The van der Waals surface area contributed by atoms with E-state index in [2.05, 4.69) is 9.80 Å². The van der Waals surface area contributed by atoms with Crippen molar-refractivity contribution in [3.05, 3.63) is 35.6 Å². The first-order valence-electron chi connectivity index (χ1n) is 11.2. The Morgan fingerprint density at radius 3 is 2.29 bits per heavy atom. The molecule has 2 heterocycles. The number of halogens is 1. The van der Waals surface area contributed by atoms with E-state index in [1.807, 2.05) is 0 Å². The molecule has 0 amide bonds. The Hall–Kier alpha value is -1.01. The summed E-state index contributed by atoms with van der Waals surface area (Å²) in [7, 11) is 0. The fraction of sp³-hybridized carbons (Fsp3) is 0.739. The van der Waals surface area contributed by atoms with Gasteiger partial charge in [-0.1, -0.05) is 18.6 Å². The molecule has 2 saturated heterocycles. The molecule has 156 valence electrons. The lowest BCUT2D eigenvalue weighted by molar-refractivity contribution is -0.0678. The number of aliphatic hydroxyl groups excluding tert-OH is 1. The van der Waals surface area contributed by atoms with E-state index in [4.69, 9.17) is 4.74 Å². The highest BCUT2D eigenvalue weighted by atomic mass is 19.1. The van der Waals surface area contributed by atoms with Gasteiger partial charge in [0.25, 0.3) is 0 Å². The second-order valence-corrected chi connectivity index (χ2v) is 8.87. The van der Waals surface area contributed by atoms with Crippen LogP contribution in [0.2, 0.25) is 0 Å². The van der Waals surface area contributed by atoms with Crippen molar-refractivity contribution in [2.75, 3.05) is 26.2 Å². The Morgan fingerprint density at radius 1 is 0.893 bits per heavy atom. The summed E-state index contributed by atoms with van der Waals surface area (Å²) in [6.07, 6.45) is 9.11. The zero-order valence-corrected chi connectivity index (χ0v) is 16.9. The Bertz CT molecular complexity index is 597. The van der Waals surface area contributed by atoms with Crippen molar-refractivity contribution >= 4 is 0 Å². The molecule has 0 unspecified atom stereocenters. The number of ether oxygens (including phenoxy) is 1. The normalized spacial score (nSPS) is 31.1. The number of hydrogen-bond donors (Lipinski definition) is 1. The molecule has 1 saturated carbocycles. The van der Waals surface area contributed by atoms with Crippen LogP contribution in [0.25, 0.3) is 0 Å². The molecule has 0 radical (unpaired) electrons. The molecule has 0 bridgehead atoms. The fourth-order valence-electron chi connectivity index (χ4n) is 5.33. The van der Waals surface area contributed by atoms with Crippen molar-refractivity contribution < 1.29 is 14.2 Å². The molecule has 1 aliphatic carbocycles.